The molecular weight excluding hydrogens is 519 g/mol. The zero-order valence-corrected chi connectivity index (χ0v) is 24.9. The fraction of sp³-hybridized carbons (Fsp3) is 0.567. The molecule has 6 nitrogen and oxygen atoms in total. The SMILES string of the molecule is CC[C@H](CN1CC[C@H](CNC(=O)c2ccc(Cl)c(Cl)c2)C[C@@H](CCN(C)C(C)(C)C)[N+]1=O)c1ccccc1. The minimum Gasteiger partial charge on any atom is -0.352 e. The normalized spacial score (nSPS) is 19.4. The van der Waals surface area contributed by atoms with Crippen molar-refractivity contribution in [2.24, 2.45) is 5.92 Å². The van der Waals surface area contributed by atoms with E-state index in [1.165, 1.54) is 10.4 Å². The van der Waals surface area contributed by atoms with Crippen LogP contribution in [0.2, 0.25) is 10.0 Å². The Labute approximate surface area is 238 Å². The summed E-state index contributed by atoms with van der Waals surface area (Å²) in [6.45, 7) is 11.5. The maximum atomic E-state index is 13.8. The fourth-order valence-corrected chi connectivity index (χ4v) is 5.24. The van der Waals surface area contributed by atoms with Crippen LogP contribution in [-0.4, -0.2) is 65.5 Å². The average molecular weight is 563 g/mol. The molecule has 208 valence electrons. The van der Waals surface area contributed by atoms with Crippen LogP contribution >= 0.6 is 23.2 Å². The Morgan fingerprint density at radius 3 is 2.50 bits per heavy atom. The standard InChI is InChI=1S/C30H42Cl2N4O2/c1-6-23(24-10-8-7-9-11-24)21-35-17-14-22(18-26(36(35)38)15-16-34(5)30(2,3)4)20-33-29(37)25-12-13-27(31)28(32)19-25/h7-13,19,22-23,26H,6,14-18,20-21H2,1-5H3/p+1/t22-,23+,26+/m0/s1. The van der Waals surface area contributed by atoms with Crippen molar-refractivity contribution in [3.05, 3.63) is 74.6 Å². The van der Waals surface area contributed by atoms with Gasteiger partial charge in [0.1, 0.15) is 4.87 Å². The number of rotatable bonds is 10. The molecule has 1 aliphatic heterocycles. The number of carbonyl (C=O) groups excluding carboxylic acids is 1. The van der Waals surface area contributed by atoms with E-state index in [4.69, 9.17) is 23.2 Å². The van der Waals surface area contributed by atoms with Gasteiger partial charge in [-0.15, -0.1) is 5.01 Å². The van der Waals surface area contributed by atoms with Gasteiger partial charge in [0, 0.05) is 43.0 Å². The molecule has 0 unspecified atom stereocenters. The first-order valence-corrected chi connectivity index (χ1v) is 14.5. The molecule has 0 bridgehead atoms. The fourth-order valence-electron chi connectivity index (χ4n) is 4.94. The molecule has 2 aromatic carbocycles. The van der Waals surface area contributed by atoms with Crippen molar-refractivity contribution < 1.29 is 9.66 Å². The van der Waals surface area contributed by atoms with Crippen LogP contribution in [0.25, 0.3) is 0 Å². The van der Waals surface area contributed by atoms with Crippen LogP contribution in [0, 0.1) is 10.8 Å². The van der Waals surface area contributed by atoms with Gasteiger partial charge in [-0.3, -0.25) is 4.79 Å². The van der Waals surface area contributed by atoms with Crippen LogP contribution in [0.3, 0.4) is 0 Å². The second-order valence-electron chi connectivity index (χ2n) is 11.5. The van der Waals surface area contributed by atoms with Gasteiger partial charge in [-0.25, -0.2) is 0 Å². The van der Waals surface area contributed by atoms with Gasteiger partial charge in [-0.2, -0.15) is 0 Å². The first-order valence-electron chi connectivity index (χ1n) is 13.7. The summed E-state index contributed by atoms with van der Waals surface area (Å²) in [7, 11) is 2.11. The Bertz CT molecular complexity index is 1070. The van der Waals surface area contributed by atoms with Crippen LogP contribution in [-0.2, 0) is 0 Å². The van der Waals surface area contributed by atoms with Crippen molar-refractivity contribution in [3.8, 4) is 0 Å². The summed E-state index contributed by atoms with van der Waals surface area (Å²) in [6.07, 6.45) is 3.32. The van der Waals surface area contributed by atoms with Gasteiger partial charge < -0.3 is 10.2 Å². The summed E-state index contributed by atoms with van der Waals surface area (Å²) in [5, 5.41) is 5.86. The highest BCUT2D eigenvalue weighted by Crippen LogP contribution is 2.27. The molecule has 1 heterocycles. The van der Waals surface area contributed by atoms with Crippen LogP contribution in [0.15, 0.2) is 48.5 Å². The second-order valence-corrected chi connectivity index (χ2v) is 12.3. The van der Waals surface area contributed by atoms with Gasteiger partial charge in [0.2, 0.25) is 6.04 Å². The number of hydrogen-bond donors (Lipinski definition) is 1. The molecule has 1 fully saturated rings. The Kier molecular flexibility index (Phi) is 11.0. The van der Waals surface area contributed by atoms with E-state index in [0.29, 0.717) is 35.2 Å². The predicted octanol–water partition coefficient (Wildman–Crippen LogP) is 6.81. The molecule has 38 heavy (non-hydrogen) atoms. The van der Waals surface area contributed by atoms with Crippen molar-refractivity contribution in [2.45, 2.75) is 70.9 Å². The number of hydrogen-bond acceptors (Lipinski definition) is 3. The van der Waals surface area contributed by atoms with Gasteiger partial charge in [0.25, 0.3) is 5.91 Å². The van der Waals surface area contributed by atoms with E-state index in [-0.39, 0.29) is 29.3 Å². The number of hydrazine groups is 1. The highest BCUT2D eigenvalue weighted by atomic mass is 35.5. The number of carbonyl (C=O) groups is 1. The molecule has 0 saturated carbocycles. The number of nitroso groups, excluding NO2 is 1. The third kappa shape index (κ3) is 8.42. The van der Waals surface area contributed by atoms with Gasteiger partial charge in [-0.1, -0.05) is 60.5 Å². The molecule has 0 radical (unpaired) electrons. The van der Waals surface area contributed by atoms with Crippen LogP contribution < -0.4 is 5.32 Å². The largest absolute Gasteiger partial charge is 0.352 e. The first-order chi connectivity index (χ1) is 18.0. The molecule has 1 aliphatic rings. The summed E-state index contributed by atoms with van der Waals surface area (Å²) in [6, 6.07) is 15.2. The summed E-state index contributed by atoms with van der Waals surface area (Å²) in [4.78, 5) is 30.1. The molecule has 0 aliphatic carbocycles. The topological polar surface area (TPSA) is 55.7 Å². The van der Waals surface area contributed by atoms with Crippen molar-refractivity contribution in [3.63, 3.8) is 0 Å². The molecule has 1 amide bonds. The number of nitrogens with one attached hydrogen (secondary N) is 1. The summed E-state index contributed by atoms with van der Waals surface area (Å²) in [5.41, 5.74) is 1.78. The Morgan fingerprint density at radius 2 is 1.87 bits per heavy atom. The van der Waals surface area contributed by atoms with Crippen molar-refractivity contribution in [2.75, 3.05) is 33.2 Å². The third-order valence-corrected chi connectivity index (χ3v) is 8.60. The molecule has 0 spiro atoms. The second kappa shape index (κ2) is 13.8. The van der Waals surface area contributed by atoms with E-state index in [1.807, 2.05) is 11.1 Å². The van der Waals surface area contributed by atoms with Crippen LogP contribution in [0.5, 0.6) is 0 Å². The number of benzene rings is 2. The quantitative estimate of drug-likeness (QED) is 0.323. The van der Waals surface area contributed by atoms with E-state index in [1.54, 1.807) is 18.2 Å². The lowest BCUT2D eigenvalue weighted by Crippen LogP contribution is -2.44. The minimum atomic E-state index is -0.178. The summed E-state index contributed by atoms with van der Waals surface area (Å²) in [5.74, 6) is 0.309. The van der Waals surface area contributed by atoms with Crippen molar-refractivity contribution in [1.82, 2.24) is 15.2 Å². The third-order valence-electron chi connectivity index (χ3n) is 7.86. The van der Waals surface area contributed by atoms with E-state index in [9.17, 15) is 9.70 Å². The molecule has 0 aromatic heterocycles. The van der Waals surface area contributed by atoms with Gasteiger partial charge in [0.15, 0.2) is 0 Å². The number of halogens is 2. The molecule has 2 aromatic rings. The monoisotopic (exact) mass is 561 g/mol. The zero-order chi connectivity index (χ0) is 27.9. The lowest BCUT2D eigenvalue weighted by atomic mass is 9.94. The molecule has 1 saturated heterocycles. The maximum absolute atomic E-state index is 13.8. The maximum Gasteiger partial charge on any atom is 0.251 e. The minimum absolute atomic E-state index is 0.0337. The zero-order valence-electron chi connectivity index (χ0n) is 23.4. The Morgan fingerprint density at radius 1 is 1.16 bits per heavy atom. The highest BCUT2D eigenvalue weighted by molar-refractivity contribution is 6.42. The van der Waals surface area contributed by atoms with E-state index in [0.717, 1.165) is 32.2 Å². The van der Waals surface area contributed by atoms with Gasteiger partial charge >= 0.3 is 0 Å². The van der Waals surface area contributed by atoms with E-state index in [2.05, 4.69) is 69.2 Å². The highest BCUT2D eigenvalue weighted by Gasteiger charge is 2.39. The van der Waals surface area contributed by atoms with E-state index < -0.39 is 0 Å². The average Bonchev–Trinajstić information content (AvgIpc) is 3.04. The van der Waals surface area contributed by atoms with Gasteiger partial charge in [-0.05, 0) is 70.3 Å². The van der Waals surface area contributed by atoms with Crippen LogP contribution in [0.1, 0.15) is 75.2 Å². The number of nitrogens with zero attached hydrogens (tertiary/aromatic N) is 3. The Hall–Kier alpha value is -2.15. The molecule has 1 N–H and O–H groups in total. The molecule has 8 heteroatoms. The first kappa shape index (κ1) is 30.4. The molecule has 3 atom stereocenters. The summed E-state index contributed by atoms with van der Waals surface area (Å²) >= 11 is 12.1. The van der Waals surface area contributed by atoms with Crippen molar-refractivity contribution in [1.29, 1.82) is 0 Å². The predicted molar refractivity (Wildman–Crippen MR) is 157 cm³/mol. The number of amides is 1. The molecular formula is C30H43Cl2N4O2+. The van der Waals surface area contributed by atoms with Crippen molar-refractivity contribution >= 4 is 29.1 Å². The molecule has 3 rings (SSSR count). The lowest BCUT2D eigenvalue weighted by molar-refractivity contribution is -0.734. The smallest absolute Gasteiger partial charge is 0.251 e. The van der Waals surface area contributed by atoms with E-state index >= 15 is 0 Å². The van der Waals surface area contributed by atoms with Gasteiger partial charge in [0.05, 0.1) is 28.0 Å². The summed E-state index contributed by atoms with van der Waals surface area (Å²) < 4.78 is 0. The Balaban J connectivity index is 1.72. The van der Waals surface area contributed by atoms with Crippen LogP contribution in [0.4, 0.5) is 0 Å². The lowest BCUT2D eigenvalue weighted by Gasteiger charge is -2.32.